The lowest BCUT2D eigenvalue weighted by atomic mass is 10.1. The van der Waals surface area contributed by atoms with Gasteiger partial charge in [0.05, 0.1) is 16.7 Å². The van der Waals surface area contributed by atoms with Crippen molar-refractivity contribution in [2.75, 3.05) is 0 Å². The van der Waals surface area contributed by atoms with Gasteiger partial charge in [0.2, 0.25) is 0 Å². The van der Waals surface area contributed by atoms with Gasteiger partial charge in [-0.05, 0) is 38.1 Å². The van der Waals surface area contributed by atoms with E-state index in [9.17, 15) is 26.3 Å². The second kappa shape index (κ2) is 5.33. The predicted molar refractivity (Wildman–Crippen MR) is 70.0 cm³/mol. The molecular weight excluding hydrogens is 322 g/mol. The molecule has 0 atom stereocenters. The van der Waals surface area contributed by atoms with Crippen molar-refractivity contribution in [2.45, 2.75) is 26.2 Å². The summed E-state index contributed by atoms with van der Waals surface area (Å²) in [6, 6.07) is 4.60. The van der Waals surface area contributed by atoms with Crippen molar-refractivity contribution in [1.29, 1.82) is 5.26 Å². The van der Waals surface area contributed by atoms with E-state index in [4.69, 9.17) is 5.26 Å². The molecule has 2 rings (SSSR count). The highest BCUT2D eigenvalue weighted by atomic mass is 19.4. The molecule has 0 bridgehead atoms. The Balaban J connectivity index is 2.78. The number of rotatable bonds is 1. The van der Waals surface area contributed by atoms with Crippen LogP contribution in [0.3, 0.4) is 0 Å². The minimum atomic E-state index is -4.91. The highest BCUT2D eigenvalue weighted by Gasteiger charge is 2.37. The Hall–Kier alpha value is -2.43. The third-order valence-electron chi connectivity index (χ3n) is 3.38. The average molecular weight is 332 g/mol. The minimum absolute atomic E-state index is 0.0723. The second-order valence-electron chi connectivity index (χ2n) is 5.00. The van der Waals surface area contributed by atoms with E-state index in [0.717, 1.165) is 0 Å². The minimum Gasteiger partial charge on any atom is -0.317 e. The summed E-state index contributed by atoms with van der Waals surface area (Å²) < 4.78 is 78.6. The quantitative estimate of drug-likeness (QED) is 0.675. The van der Waals surface area contributed by atoms with Crippen molar-refractivity contribution in [1.82, 2.24) is 4.57 Å². The summed E-state index contributed by atoms with van der Waals surface area (Å²) in [6.45, 7) is 2.96. The van der Waals surface area contributed by atoms with Crippen molar-refractivity contribution in [3.63, 3.8) is 0 Å². The van der Waals surface area contributed by atoms with Crippen LogP contribution in [0.5, 0.6) is 0 Å². The van der Waals surface area contributed by atoms with Crippen LogP contribution in [0.15, 0.2) is 24.3 Å². The van der Waals surface area contributed by atoms with Gasteiger partial charge in [0.25, 0.3) is 0 Å². The molecule has 1 aromatic carbocycles. The van der Waals surface area contributed by atoms with Crippen LogP contribution >= 0.6 is 0 Å². The van der Waals surface area contributed by atoms with E-state index in [2.05, 4.69) is 0 Å². The van der Waals surface area contributed by atoms with Crippen molar-refractivity contribution >= 4 is 0 Å². The summed E-state index contributed by atoms with van der Waals surface area (Å²) >= 11 is 0. The first-order chi connectivity index (χ1) is 10.4. The third-order valence-corrected chi connectivity index (χ3v) is 3.38. The van der Waals surface area contributed by atoms with Crippen LogP contribution in [-0.2, 0) is 12.4 Å². The number of aryl methyl sites for hydroxylation is 1. The monoisotopic (exact) mass is 332 g/mol. The molecule has 0 amide bonds. The SMILES string of the molecule is Cc1cc(C#N)c(C)n1-c1cc(C(F)(F)F)cc(C(F)(F)F)c1. The Kier molecular flexibility index (Phi) is 3.93. The molecule has 1 heterocycles. The summed E-state index contributed by atoms with van der Waals surface area (Å²) in [5.74, 6) is 0. The summed E-state index contributed by atoms with van der Waals surface area (Å²) in [4.78, 5) is 0. The number of alkyl halides is 6. The highest BCUT2D eigenvalue weighted by Crippen LogP contribution is 2.37. The maximum Gasteiger partial charge on any atom is 0.416 e. The topological polar surface area (TPSA) is 28.7 Å². The standard InChI is InChI=1S/C15H10F6N2/c1-8-3-10(7-22)9(2)23(8)13-5-11(14(16,17)18)4-12(6-13)15(19,20)21/h3-6H,1-2H3. The molecule has 0 N–H and O–H groups in total. The predicted octanol–water partition coefficient (Wildman–Crippen LogP) is 5.00. The van der Waals surface area contributed by atoms with Gasteiger partial charge in [0, 0.05) is 17.1 Å². The number of halogens is 6. The second-order valence-corrected chi connectivity index (χ2v) is 5.00. The number of hydrogen-bond donors (Lipinski definition) is 0. The highest BCUT2D eigenvalue weighted by molar-refractivity contribution is 5.49. The first kappa shape index (κ1) is 16.9. The molecule has 23 heavy (non-hydrogen) atoms. The van der Waals surface area contributed by atoms with Crippen LogP contribution in [-0.4, -0.2) is 4.57 Å². The molecule has 0 saturated heterocycles. The average Bonchev–Trinajstić information content (AvgIpc) is 2.71. The first-order valence-electron chi connectivity index (χ1n) is 6.34. The van der Waals surface area contributed by atoms with Crippen molar-refractivity contribution in [3.05, 3.63) is 52.3 Å². The molecule has 0 aliphatic carbocycles. The lowest BCUT2D eigenvalue weighted by Gasteiger charge is -2.16. The van der Waals surface area contributed by atoms with Gasteiger partial charge in [-0.3, -0.25) is 0 Å². The zero-order valence-electron chi connectivity index (χ0n) is 12.0. The summed E-state index contributed by atoms with van der Waals surface area (Å²) in [5.41, 5.74) is -2.25. The molecule has 0 radical (unpaired) electrons. The maximum atomic E-state index is 12.9. The number of hydrogen-bond acceptors (Lipinski definition) is 1. The number of nitrogens with zero attached hydrogens (tertiary/aromatic N) is 2. The fraction of sp³-hybridized carbons (Fsp3) is 0.267. The van der Waals surface area contributed by atoms with Crippen LogP contribution in [0.2, 0.25) is 0 Å². The Labute approximate surface area is 127 Å². The van der Waals surface area contributed by atoms with Gasteiger partial charge in [-0.25, -0.2) is 0 Å². The summed E-state index contributed by atoms with van der Waals surface area (Å²) in [6.07, 6.45) is -9.83. The van der Waals surface area contributed by atoms with E-state index in [0.29, 0.717) is 17.8 Å². The molecule has 1 aromatic heterocycles. The van der Waals surface area contributed by atoms with E-state index < -0.39 is 23.5 Å². The van der Waals surface area contributed by atoms with E-state index in [1.54, 1.807) is 0 Å². The van der Waals surface area contributed by atoms with Crippen LogP contribution in [0.4, 0.5) is 26.3 Å². The van der Waals surface area contributed by atoms with Crippen LogP contribution in [0.25, 0.3) is 5.69 Å². The van der Waals surface area contributed by atoms with Crippen LogP contribution in [0.1, 0.15) is 28.1 Å². The Morgan fingerprint density at radius 3 is 1.70 bits per heavy atom. The normalized spacial score (nSPS) is 12.3. The van der Waals surface area contributed by atoms with Crippen molar-refractivity contribution < 1.29 is 26.3 Å². The molecular formula is C15H10F6N2. The van der Waals surface area contributed by atoms with Gasteiger partial charge >= 0.3 is 12.4 Å². The van der Waals surface area contributed by atoms with E-state index in [-0.39, 0.29) is 23.0 Å². The summed E-state index contributed by atoms with van der Waals surface area (Å²) in [7, 11) is 0. The molecule has 2 nitrogen and oxygen atoms in total. The summed E-state index contributed by atoms with van der Waals surface area (Å²) in [5, 5.41) is 8.95. The van der Waals surface area contributed by atoms with E-state index in [1.807, 2.05) is 6.07 Å². The number of nitriles is 1. The Bertz CT molecular complexity index is 758. The van der Waals surface area contributed by atoms with Gasteiger partial charge in [0.1, 0.15) is 6.07 Å². The molecule has 122 valence electrons. The van der Waals surface area contributed by atoms with Gasteiger partial charge in [0.15, 0.2) is 0 Å². The van der Waals surface area contributed by atoms with Crippen LogP contribution < -0.4 is 0 Å². The molecule has 0 spiro atoms. The largest absolute Gasteiger partial charge is 0.416 e. The zero-order valence-corrected chi connectivity index (χ0v) is 12.0. The van der Waals surface area contributed by atoms with Gasteiger partial charge in [-0.1, -0.05) is 0 Å². The third kappa shape index (κ3) is 3.18. The maximum absolute atomic E-state index is 12.9. The molecule has 0 unspecified atom stereocenters. The van der Waals surface area contributed by atoms with Crippen molar-refractivity contribution in [3.8, 4) is 11.8 Å². The van der Waals surface area contributed by atoms with Gasteiger partial charge < -0.3 is 4.57 Å². The van der Waals surface area contributed by atoms with Gasteiger partial charge in [-0.15, -0.1) is 0 Å². The lowest BCUT2D eigenvalue weighted by Crippen LogP contribution is -2.13. The molecule has 0 aliphatic rings. The zero-order chi connectivity index (χ0) is 17.6. The van der Waals surface area contributed by atoms with E-state index in [1.165, 1.54) is 24.5 Å². The first-order valence-corrected chi connectivity index (χ1v) is 6.34. The smallest absolute Gasteiger partial charge is 0.317 e. The van der Waals surface area contributed by atoms with Gasteiger partial charge in [-0.2, -0.15) is 31.6 Å². The van der Waals surface area contributed by atoms with Crippen molar-refractivity contribution in [2.24, 2.45) is 0 Å². The molecule has 8 heteroatoms. The van der Waals surface area contributed by atoms with E-state index >= 15 is 0 Å². The number of aromatic nitrogens is 1. The Morgan fingerprint density at radius 2 is 1.35 bits per heavy atom. The van der Waals surface area contributed by atoms with Crippen LogP contribution in [0, 0.1) is 25.2 Å². The Morgan fingerprint density at radius 1 is 0.870 bits per heavy atom. The lowest BCUT2D eigenvalue weighted by molar-refractivity contribution is -0.143. The fourth-order valence-corrected chi connectivity index (χ4v) is 2.34. The molecule has 2 aromatic rings. The number of benzene rings is 1. The molecule has 0 saturated carbocycles. The molecule has 0 aliphatic heterocycles. The molecule has 0 fully saturated rings. The fourth-order valence-electron chi connectivity index (χ4n) is 2.34.